The van der Waals surface area contributed by atoms with Gasteiger partial charge in [0.05, 0.1) is 11.4 Å². The Morgan fingerprint density at radius 3 is 2.46 bits per heavy atom. The van der Waals surface area contributed by atoms with E-state index in [-0.39, 0.29) is 28.2 Å². The van der Waals surface area contributed by atoms with Crippen molar-refractivity contribution in [1.29, 1.82) is 0 Å². The quantitative estimate of drug-likeness (QED) is 0.605. The third-order valence-corrected chi connectivity index (χ3v) is 8.45. The summed E-state index contributed by atoms with van der Waals surface area (Å²) >= 11 is 1.08. The summed E-state index contributed by atoms with van der Waals surface area (Å²) in [4.78, 5) is 12.2. The minimum atomic E-state index is -3.71. The Morgan fingerprint density at radius 2 is 1.86 bits per heavy atom. The van der Waals surface area contributed by atoms with E-state index in [2.05, 4.69) is 10.0 Å². The van der Waals surface area contributed by atoms with Crippen molar-refractivity contribution in [2.45, 2.75) is 35.5 Å². The van der Waals surface area contributed by atoms with Crippen molar-refractivity contribution in [2.24, 2.45) is 0 Å². The van der Waals surface area contributed by atoms with Gasteiger partial charge in [-0.05, 0) is 43.0 Å². The lowest BCUT2D eigenvalue weighted by molar-refractivity contribution is -0.121. The van der Waals surface area contributed by atoms with Gasteiger partial charge in [0.25, 0.3) is 10.0 Å². The van der Waals surface area contributed by atoms with E-state index in [1.165, 1.54) is 25.2 Å². The Bertz CT molecular complexity index is 1020. The van der Waals surface area contributed by atoms with Crippen LogP contribution in [0.1, 0.15) is 19.4 Å². The van der Waals surface area contributed by atoms with Gasteiger partial charge in [0.2, 0.25) is 15.9 Å². The number of carbonyl (C=O) groups is 1. The molecule has 0 fully saturated rings. The van der Waals surface area contributed by atoms with Gasteiger partial charge in [0, 0.05) is 19.6 Å². The van der Waals surface area contributed by atoms with Gasteiger partial charge in [0.15, 0.2) is 0 Å². The summed E-state index contributed by atoms with van der Waals surface area (Å²) in [6, 6.07) is 9.07. The van der Waals surface area contributed by atoms with Crippen LogP contribution in [0.3, 0.4) is 0 Å². The first-order valence-corrected chi connectivity index (χ1v) is 12.2. The highest BCUT2D eigenvalue weighted by Crippen LogP contribution is 2.19. The Kier molecular flexibility index (Phi) is 7.34. The smallest absolute Gasteiger partial charge is 0.252 e. The number of nitrogens with zero attached hydrogens (tertiary/aromatic N) is 1. The molecule has 2 N–H and O–H groups in total. The largest absolute Gasteiger partial charge is 0.351 e. The topological polar surface area (TPSA) is 113 Å². The molecular weight excluding hydrogens is 422 g/mol. The summed E-state index contributed by atoms with van der Waals surface area (Å²) in [5.74, 6) is -0.490. The zero-order valence-electron chi connectivity index (χ0n) is 15.7. The van der Waals surface area contributed by atoms with Crippen LogP contribution in [0.4, 0.5) is 0 Å². The van der Waals surface area contributed by atoms with Gasteiger partial charge in [0.1, 0.15) is 4.21 Å². The molecule has 0 aliphatic rings. The molecule has 28 heavy (non-hydrogen) atoms. The summed E-state index contributed by atoms with van der Waals surface area (Å²) in [5, 5.41) is 4.26. The van der Waals surface area contributed by atoms with Crippen LogP contribution in [0.15, 0.2) is 50.9 Å². The molecule has 11 heteroatoms. The van der Waals surface area contributed by atoms with Crippen molar-refractivity contribution in [1.82, 2.24) is 14.3 Å². The summed E-state index contributed by atoms with van der Waals surface area (Å²) in [7, 11) is -6.01. The molecule has 0 saturated carbocycles. The first kappa shape index (κ1) is 22.5. The van der Waals surface area contributed by atoms with Crippen LogP contribution in [0.2, 0.25) is 0 Å². The lowest BCUT2D eigenvalue weighted by Crippen LogP contribution is -2.37. The summed E-state index contributed by atoms with van der Waals surface area (Å²) in [5.41, 5.74) is 0.587. The third-order valence-electron chi connectivity index (χ3n) is 3.62. The van der Waals surface area contributed by atoms with Crippen molar-refractivity contribution in [3.05, 3.63) is 47.3 Å². The first-order chi connectivity index (χ1) is 13.0. The summed E-state index contributed by atoms with van der Waals surface area (Å²) in [6.45, 7) is 3.19. The fraction of sp³-hybridized carbons (Fsp3) is 0.353. The molecule has 0 radical (unpaired) electrons. The minimum Gasteiger partial charge on any atom is -0.351 e. The second kappa shape index (κ2) is 9.14. The van der Waals surface area contributed by atoms with E-state index in [0.29, 0.717) is 5.56 Å². The van der Waals surface area contributed by atoms with Gasteiger partial charge in [-0.15, -0.1) is 11.3 Å². The molecule has 0 aliphatic heterocycles. The number of hydrogen-bond donors (Lipinski definition) is 2. The number of rotatable bonds is 9. The first-order valence-electron chi connectivity index (χ1n) is 8.40. The molecule has 2 rings (SSSR count). The number of amides is 1. The summed E-state index contributed by atoms with van der Waals surface area (Å²) < 4.78 is 52.8. The fourth-order valence-electron chi connectivity index (χ4n) is 2.31. The van der Waals surface area contributed by atoms with Crippen molar-refractivity contribution < 1.29 is 21.6 Å². The number of sulfonamides is 2. The van der Waals surface area contributed by atoms with Crippen LogP contribution < -0.4 is 10.0 Å². The van der Waals surface area contributed by atoms with Crippen LogP contribution in [-0.2, 0) is 31.4 Å². The molecule has 1 heterocycles. The molecule has 0 saturated heterocycles. The average molecular weight is 446 g/mol. The lowest BCUT2D eigenvalue weighted by Gasteiger charge is -2.16. The monoisotopic (exact) mass is 445 g/mol. The number of hydrogen-bond acceptors (Lipinski definition) is 6. The van der Waals surface area contributed by atoms with Gasteiger partial charge >= 0.3 is 0 Å². The van der Waals surface area contributed by atoms with Crippen molar-refractivity contribution in [2.75, 3.05) is 13.6 Å². The van der Waals surface area contributed by atoms with E-state index in [9.17, 15) is 21.6 Å². The molecule has 154 valence electrons. The Morgan fingerprint density at radius 1 is 1.14 bits per heavy atom. The highest BCUT2D eigenvalue weighted by atomic mass is 32.2. The van der Waals surface area contributed by atoms with E-state index in [1.807, 2.05) is 0 Å². The standard InChI is InChI=1S/C17H23N3O5S3/c1-13(2)19-27(22,23)15-7-4-6-14(10-15)11-18-16(21)12-20(3)28(24,25)17-8-5-9-26-17/h4-10,13,19H,11-12H2,1-3H3,(H,18,21). The van der Waals surface area contributed by atoms with E-state index < -0.39 is 26.0 Å². The molecule has 8 nitrogen and oxygen atoms in total. The molecule has 2 aromatic rings. The Labute approximate surface area is 169 Å². The Hall–Kier alpha value is -1.79. The Balaban J connectivity index is 1.99. The second-order valence-corrected chi connectivity index (χ2v) is 11.3. The third kappa shape index (κ3) is 5.85. The van der Waals surface area contributed by atoms with E-state index in [1.54, 1.807) is 37.4 Å². The zero-order chi connectivity index (χ0) is 20.9. The zero-order valence-corrected chi connectivity index (χ0v) is 18.2. The maximum atomic E-state index is 12.3. The highest BCUT2D eigenvalue weighted by molar-refractivity contribution is 7.91. The van der Waals surface area contributed by atoms with Crippen LogP contribution in [0, 0.1) is 0 Å². The number of likely N-dealkylation sites (N-methyl/N-ethyl adjacent to an activating group) is 1. The van der Waals surface area contributed by atoms with Crippen molar-refractivity contribution in [3.8, 4) is 0 Å². The number of benzene rings is 1. The molecule has 0 aliphatic carbocycles. The minimum absolute atomic E-state index is 0.0801. The number of thiophene rings is 1. The van der Waals surface area contributed by atoms with Crippen LogP contribution in [0.5, 0.6) is 0 Å². The van der Waals surface area contributed by atoms with Crippen molar-refractivity contribution >= 4 is 37.3 Å². The van der Waals surface area contributed by atoms with E-state index in [0.717, 1.165) is 15.6 Å². The van der Waals surface area contributed by atoms with Crippen molar-refractivity contribution in [3.63, 3.8) is 0 Å². The van der Waals surface area contributed by atoms with Crippen LogP contribution >= 0.6 is 11.3 Å². The van der Waals surface area contributed by atoms with Gasteiger partial charge in [-0.3, -0.25) is 4.79 Å². The normalized spacial score (nSPS) is 12.5. The molecule has 0 spiro atoms. The lowest BCUT2D eigenvalue weighted by atomic mass is 10.2. The molecule has 1 aromatic carbocycles. The SMILES string of the molecule is CC(C)NS(=O)(=O)c1cccc(CNC(=O)CN(C)S(=O)(=O)c2cccs2)c1. The maximum absolute atomic E-state index is 12.3. The fourth-order valence-corrected chi connectivity index (χ4v) is 5.96. The highest BCUT2D eigenvalue weighted by Gasteiger charge is 2.23. The van der Waals surface area contributed by atoms with Gasteiger partial charge < -0.3 is 5.32 Å². The molecule has 1 amide bonds. The molecule has 0 atom stereocenters. The van der Waals surface area contributed by atoms with Gasteiger partial charge in [-0.25, -0.2) is 21.6 Å². The van der Waals surface area contributed by atoms with Gasteiger partial charge in [-0.1, -0.05) is 18.2 Å². The number of nitrogens with one attached hydrogen (secondary N) is 2. The molecule has 0 unspecified atom stereocenters. The maximum Gasteiger partial charge on any atom is 0.252 e. The summed E-state index contributed by atoms with van der Waals surface area (Å²) in [6.07, 6.45) is 0. The predicted molar refractivity (Wildman–Crippen MR) is 108 cm³/mol. The van der Waals surface area contributed by atoms with Crippen LogP contribution in [0.25, 0.3) is 0 Å². The van der Waals surface area contributed by atoms with E-state index >= 15 is 0 Å². The molecule has 0 bridgehead atoms. The van der Waals surface area contributed by atoms with E-state index in [4.69, 9.17) is 0 Å². The molecular formula is C17H23N3O5S3. The molecule has 1 aromatic heterocycles. The predicted octanol–water partition coefficient (Wildman–Crippen LogP) is 1.37. The second-order valence-electron chi connectivity index (χ2n) is 6.39. The average Bonchev–Trinajstić information content (AvgIpc) is 3.14. The number of carbonyl (C=O) groups excluding carboxylic acids is 1. The van der Waals surface area contributed by atoms with Gasteiger partial charge in [-0.2, -0.15) is 4.31 Å². The van der Waals surface area contributed by atoms with Crippen LogP contribution in [-0.4, -0.2) is 46.7 Å².